The molecule has 0 spiro atoms. The molecule has 3 heteroatoms. The Morgan fingerprint density at radius 2 is 2.27 bits per heavy atom. The van der Waals surface area contributed by atoms with Crippen LogP contribution in [0.2, 0.25) is 0 Å². The molecule has 82 valence electrons. The summed E-state index contributed by atoms with van der Waals surface area (Å²) in [4.78, 5) is 0. The molecule has 1 unspecified atom stereocenters. The number of benzene rings is 1. The van der Waals surface area contributed by atoms with E-state index in [1.165, 1.54) is 18.9 Å². The topological polar surface area (TPSA) is 12.0 Å². The van der Waals surface area contributed by atoms with Gasteiger partial charge in [-0.15, -0.1) is 0 Å². The van der Waals surface area contributed by atoms with Gasteiger partial charge in [0, 0.05) is 15.3 Å². The van der Waals surface area contributed by atoms with Gasteiger partial charge in [0.2, 0.25) is 0 Å². The van der Waals surface area contributed by atoms with Crippen molar-refractivity contribution in [3.05, 3.63) is 27.6 Å². The van der Waals surface area contributed by atoms with Crippen molar-refractivity contribution in [1.82, 2.24) is 0 Å². The Balaban J connectivity index is 2.08. The lowest BCUT2D eigenvalue weighted by Gasteiger charge is -2.18. The number of rotatable bonds is 4. The summed E-state index contributed by atoms with van der Waals surface area (Å²) < 4.78 is 13.9. The van der Waals surface area contributed by atoms with E-state index in [2.05, 4.69) is 34.8 Å². The molecule has 0 bridgehead atoms. The van der Waals surface area contributed by atoms with Crippen LogP contribution in [-0.2, 0) is 0 Å². The summed E-state index contributed by atoms with van der Waals surface area (Å²) in [6.45, 7) is 2.20. The summed E-state index contributed by atoms with van der Waals surface area (Å²) in [5, 5.41) is 3.51. The predicted molar refractivity (Wildman–Crippen MR) is 69.5 cm³/mol. The quantitative estimate of drug-likeness (QED) is 0.826. The van der Waals surface area contributed by atoms with Crippen LogP contribution < -0.4 is 5.32 Å². The first-order valence-electron chi connectivity index (χ1n) is 5.42. The monoisotopic (exact) mass is 319 g/mol. The van der Waals surface area contributed by atoms with Gasteiger partial charge in [0.05, 0.1) is 0 Å². The summed E-state index contributed by atoms with van der Waals surface area (Å²) in [5.41, 5.74) is 1.07. The van der Waals surface area contributed by atoms with Crippen LogP contribution in [0.4, 0.5) is 10.1 Å². The van der Waals surface area contributed by atoms with E-state index < -0.39 is 0 Å². The molecule has 1 atom stereocenters. The van der Waals surface area contributed by atoms with Crippen LogP contribution in [0.5, 0.6) is 0 Å². The van der Waals surface area contributed by atoms with Crippen LogP contribution in [0.3, 0.4) is 0 Å². The first-order chi connectivity index (χ1) is 7.20. The highest BCUT2D eigenvalue weighted by molar-refractivity contribution is 14.1. The molecule has 1 aromatic carbocycles. The van der Waals surface area contributed by atoms with Crippen LogP contribution in [0.15, 0.2) is 18.2 Å². The first kappa shape index (κ1) is 11.2. The van der Waals surface area contributed by atoms with Crippen LogP contribution in [0.25, 0.3) is 0 Å². The number of hydrogen-bond acceptors (Lipinski definition) is 1. The van der Waals surface area contributed by atoms with E-state index in [1.807, 2.05) is 6.07 Å². The van der Waals surface area contributed by atoms with Gasteiger partial charge >= 0.3 is 0 Å². The molecule has 1 aliphatic carbocycles. The highest BCUT2D eigenvalue weighted by atomic mass is 127. The molecule has 0 radical (unpaired) electrons. The molecule has 1 N–H and O–H groups in total. The Morgan fingerprint density at radius 1 is 1.53 bits per heavy atom. The lowest BCUT2D eigenvalue weighted by atomic mass is 10.1. The second-order valence-corrected chi connectivity index (χ2v) is 5.28. The molecule has 1 saturated carbocycles. The van der Waals surface area contributed by atoms with E-state index in [1.54, 1.807) is 6.07 Å². The maximum absolute atomic E-state index is 12.9. The van der Waals surface area contributed by atoms with E-state index in [-0.39, 0.29) is 5.82 Å². The van der Waals surface area contributed by atoms with Crippen molar-refractivity contribution >= 4 is 28.3 Å². The Labute approximate surface area is 104 Å². The van der Waals surface area contributed by atoms with Crippen LogP contribution in [-0.4, -0.2) is 6.04 Å². The highest BCUT2D eigenvalue weighted by Gasteiger charge is 2.29. The Morgan fingerprint density at radius 3 is 2.80 bits per heavy atom. The summed E-state index contributed by atoms with van der Waals surface area (Å²) in [5.74, 6) is 0.667. The number of halogens is 2. The zero-order valence-corrected chi connectivity index (χ0v) is 10.9. The second-order valence-electron chi connectivity index (χ2n) is 4.12. The predicted octanol–water partition coefficient (Wildman–Crippen LogP) is 4.03. The molecule has 0 saturated heterocycles. The number of hydrogen-bond donors (Lipinski definition) is 1. The SMILES string of the molecule is CCC(Nc1ccc(F)cc1I)C1CC1. The standard InChI is InChI=1S/C12H15FIN/c1-2-11(8-3-4-8)15-12-6-5-9(13)7-10(12)14/h5-8,11,15H,2-4H2,1H3. The number of nitrogens with one attached hydrogen (secondary N) is 1. The Kier molecular flexibility index (Phi) is 3.49. The van der Waals surface area contributed by atoms with Crippen LogP contribution >= 0.6 is 22.6 Å². The van der Waals surface area contributed by atoms with Crippen molar-refractivity contribution in [1.29, 1.82) is 0 Å². The third kappa shape index (κ3) is 2.83. The van der Waals surface area contributed by atoms with Crippen molar-refractivity contribution in [2.24, 2.45) is 5.92 Å². The minimum atomic E-state index is -0.163. The molecule has 1 aromatic rings. The molecule has 0 aliphatic heterocycles. The van der Waals surface area contributed by atoms with E-state index in [0.717, 1.165) is 21.6 Å². The van der Waals surface area contributed by atoms with E-state index in [0.29, 0.717) is 6.04 Å². The second kappa shape index (κ2) is 4.68. The van der Waals surface area contributed by atoms with Gasteiger partial charge in [-0.1, -0.05) is 6.92 Å². The van der Waals surface area contributed by atoms with Gasteiger partial charge in [-0.25, -0.2) is 4.39 Å². The first-order valence-corrected chi connectivity index (χ1v) is 6.50. The fourth-order valence-corrected chi connectivity index (χ4v) is 2.49. The van der Waals surface area contributed by atoms with Crippen molar-refractivity contribution in [2.45, 2.75) is 32.2 Å². The van der Waals surface area contributed by atoms with Crippen molar-refractivity contribution < 1.29 is 4.39 Å². The summed E-state index contributed by atoms with van der Waals surface area (Å²) in [6, 6.07) is 5.48. The lowest BCUT2D eigenvalue weighted by molar-refractivity contribution is 0.613. The van der Waals surface area contributed by atoms with E-state index in [4.69, 9.17) is 0 Å². The van der Waals surface area contributed by atoms with Gasteiger partial charge < -0.3 is 5.32 Å². The summed E-state index contributed by atoms with van der Waals surface area (Å²) in [7, 11) is 0. The van der Waals surface area contributed by atoms with Gasteiger partial charge in [-0.3, -0.25) is 0 Å². The molecule has 0 heterocycles. The summed E-state index contributed by atoms with van der Waals surface area (Å²) in [6.07, 6.45) is 3.81. The third-order valence-electron chi connectivity index (χ3n) is 2.90. The minimum Gasteiger partial charge on any atom is -0.381 e. The van der Waals surface area contributed by atoms with Gasteiger partial charge in [-0.2, -0.15) is 0 Å². The zero-order chi connectivity index (χ0) is 10.8. The molecule has 2 rings (SSSR count). The highest BCUT2D eigenvalue weighted by Crippen LogP contribution is 2.36. The number of anilines is 1. The molecular weight excluding hydrogens is 304 g/mol. The fourth-order valence-electron chi connectivity index (χ4n) is 1.86. The average Bonchev–Trinajstić information content (AvgIpc) is 3.00. The molecule has 0 amide bonds. The van der Waals surface area contributed by atoms with Gasteiger partial charge in [0.25, 0.3) is 0 Å². The average molecular weight is 319 g/mol. The van der Waals surface area contributed by atoms with Gasteiger partial charge in [0.1, 0.15) is 5.82 Å². The third-order valence-corrected chi connectivity index (χ3v) is 3.80. The molecule has 1 fully saturated rings. The van der Waals surface area contributed by atoms with Gasteiger partial charge in [0.15, 0.2) is 0 Å². The maximum atomic E-state index is 12.9. The van der Waals surface area contributed by atoms with Crippen LogP contribution in [0.1, 0.15) is 26.2 Å². The largest absolute Gasteiger partial charge is 0.381 e. The zero-order valence-electron chi connectivity index (χ0n) is 8.76. The van der Waals surface area contributed by atoms with Crippen LogP contribution in [0, 0.1) is 15.3 Å². The molecule has 1 nitrogen and oxygen atoms in total. The van der Waals surface area contributed by atoms with E-state index >= 15 is 0 Å². The molecule has 1 aliphatic rings. The molecule has 0 aromatic heterocycles. The van der Waals surface area contributed by atoms with E-state index in [9.17, 15) is 4.39 Å². The Bertz CT molecular complexity index is 349. The lowest BCUT2D eigenvalue weighted by Crippen LogP contribution is -2.21. The normalized spacial score (nSPS) is 17.5. The molecule has 15 heavy (non-hydrogen) atoms. The Hall–Kier alpha value is -0.320. The molecular formula is C12H15FIN. The minimum absolute atomic E-state index is 0.163. The van der Waals surface area contributed by atoms with Crippen molar-refractivity contribution in [3.63, 3.8) is 0 Å². The smallest absolute Gasteiger partial charge is 0.124 e. The maximum Gasteiger partial charge on any atom is 0.124 e. The van der Waals surface area contributed by atoms with Crippen molar-refractivity contribution in [2.75, 3.05) is 5.32 Å². The van der Waals surface area contributed by atoms with Gasteiger partial charge in [-0.05, 0) is 66.0 Å². The summed E-state index contributed by atoms with van der Waals surface area (Å²) >= 11 is 2.18. The fraction of sp³-hybridized carbons (Fsp3) is 0.500. The van der Waals surface area contributed by atoms with Crippen molar-refractivity contribution in [3.8, 4) is 0 Å².